The molecule has 4 rings (SSSR count). The fourth-order valence-corrected chi connectivity index (χ4v) is 4.42. The number of fused-ring (bicyclic) bond motifs is 1. The molecule has 7 nitrogen and oxygen atoms in total. The first-order valence-corrected chi connectivity index (χ1v) is 10.7. The average molecular weight is 428 g/mol. The largest absolute Gasteiger partial charge is 0.497 e. The zero-order chi connectivity index (χ0) is 20.9. The Bertz CT molecular complexity index is 1020. The molecular formula is C22H25N3O4S. The fourth-order valence-electron chi connectivity index (χ4n) is 3.40. The number of benzene rings is 2. The molecule has 0 saturated carbocycles. The van der Waals surface area contributed by atoms with Crippen LogP contribution in [0.5, 0.6) is 11.5 Å². The molecule has 8 heteroatoms. The van der Waals surface area contributed by atoms with E-state index in [1.807, 2.05) is 36.4 Å². The molecule has 0 atom stereocenters. The van der Waals surface area contributed by atoms with E-state index in [2.05, 4.69) is 4.90 Å². The van der Waals surface area contributed by atoms with Crippen molar-refractivity contribution in [2.75, 3.05) is 58.5 Å². The summed E-state index contributed by atoms with van der Waals surface area (Å²) >= 11 is 1.49. The highest BCUT2D eigenvalue weighted by atomic mass is 32.1. The lowest BCUT2D eigenvalue weighted by Gasteiger charge is -2.29. The van der Waals surface area contributed by atoms with Crippen LogP contribution in [0, 0.1) is 0 Å². The van der Waals surface area contributed by atoms with Crippen LogP contribution in [-0.2, 0) is 4.74 Å². The number of carbonyl (C=O) groups is 1. The smallest absolute Gasteiger partial charge is 0.260 e. The maximum absolute atomic E-state index is 13.5. The van der Waals surface area contributed by atoms with Gasteiger partial charge < -0.3 is 14.2 Å². The first-order valence-electron chi connectivity index (χ1n) is 9.88. The molecule has 2 heterocycles. The molecule has 2 aromatic carbocycles. The van der Waals surface area contributed by atoms with Gasteiger partial charge in [0, 0.05) is 31.7 Å². The van der Waals surface area contributed by atoms with Gasteiger partial charge in [-0.1, -0.05) is 17.4 Å². The molecule has 1 amide bonds. The van der Waals surface area contributed by atoms with Gasteiger partial charge in [-0.2, -0.15) is 0 Å². The van der Waals surface area contributed by atoms with Crippen LogP contribution in [-0.4, -0.2) is 69.4 Å². The van der Waals surface area contributed by atoms with Gasteiger partial charge in [-0.05, 0) is 36.4 Å². The Kier molecular flexibility index (Phi) is 6.47. The van der Waals surface area contributed by atoms with Crippen molar-refractivity contribution in [2.24, 2.45) is 0 Å². The molecule has 0 bridgehead atoms. The van der Waals surface area contributed by atoms with Crippen molar-refractivity contribution in [1.82, 2.24) is 9.88 Å². The number of methoxy groups -OCH3 is 2. The van der Waals surface area contributed by atoms with Crippen LogP contribution in [0.15, 0.2) is 42.5 Å². The van der Waals surface area contributed by atoms with Crippen molar-refractivity contribution in [1.29, 1.82) is 0 Å². The van der Waals surface area contributed by atoms with Crippen LogP contribution < -0.4 is 14.4 Å². The highest BCUT2D eigenvalue weighted by Crippen LogP contribution is 2.32. The standard InChI is InChI=1S/C22H25N3O4S/c1-27-17-5-3-4-16(14-17)21(26)25(9-8-24-10-12-29-13-11-24)22-23-19-7-6-18(28-2)15-20(19)30-22/h3-7,14-15H,8-13H2,1-2H3. The van der Waals surface area contributed by atoms with E-state index < -0.39 is 0 Å². The molecule has 3 aromatic rings. The van der Waals surface area contributed by atoms with Crippen LogP contribution in [0.4, 0.5) is 5.13 Å². The highest BCUT2D eigenvalue weighted by molar-refractivity contribution is 7.22. The summed E-state index contributed by atoms with van der Waals surface area (Å²) in [6, 6.07) is 13.0. The number of morpholine rings is 1. The van der Waals surface area contributed by atoms with Crippen LogP contribution >= 0.6 is 11.3 Å². The predicted molar refractivity (Wildman–Crippen MR) is 118 cm³/mol. The molecule has 1 saturated heterocycles. The van der Waals surface area contributed by atoms with Crippen LogP contribution in [0.2, 0.25) is 0 Å². The number of hydrogen-bond donors (Lipinski definition) is 0. The number of amides is 1. The van der Waals surface area contributed by atoms with Crippen molar-refractivity contribution in [3.8, 4) is 11.5 Å². The zero-order valence-corrected chi connectivity index (χ0v) is 18.0. The molecule has 1 aromatic heterocycles. The number of ether oxygens (including phenoxy) is 3. The van der Waals surface area contributed by atoms with Gasteiger partial charge in [0.25, 0.3) is 5.91 Å². The molecule has 1 fully saturated rings. The Balaban J connectivity index is 1.64. The molecular weight excluding hydrogens is 402 g/mol. The fraction of sp³-hybridized carbons (Fsp3) is 0.364. The van der Waals surface area contributed by atoms with E-state index >= 15 is 0 Å². The summed E-state index contributed by atoms with van der Waals surface area (Å²) in [5.74, 6) is 1.34. The Labute approximate surface area is 179 Å². The van der Waals surface area contributed by atoms with Crippen LogP contribution in [0.1, 0.15) is 10.4 Å². The molecule has 0 radical (unpaired) electrons. The molecule has 0 spiro atoms. The second-order valence-electron chi connectivity index (χ2n) is 6.97. The third-order valence-corrected chi connectivity index (χ3v) is 6.16. The van der Waals surface area contributed by atoms with Crippen molar-refractivity contribution < 1.29 is 19.0 Å². The lowest BCUT2D eigenvalue weighted by molar-refractivity contribution is 0.0391. The van der Waals surface area contributed by atoms with E-state index in [9.17, 15) is 4.79 Å². The third-order valence-electron chi connectivity index (χ3n) is 5.12. The quantitative estimate of drug-likeness (QED) is 0.577. The normalized spacial score (nSPS) is 14.6. The summed E-state index contributed by atoms with van der Waals surface area (Å²) in [6.07, 6.45) is 0. The van der Waals surface area contributed by atoms with Crippen LogP contribution in [0.25, 0.3) is 10.2 Å². The highest BCUT2D eigenvalue weighted by Gasteiger charge is 2.23. The Hall–Kier alpha value is -2.68. The Morgan fingerprint density at radius 1 is 1.13 bits per heavy atom. The number of aromatic nitrogens is 1. The van der Waals surface area contributed by atoms with Gasteiger partial charge in [0.2, 0.25) is 0 Å². The number of hydrogen-bond acceptors (Lipinski definition) is 7. The van der Waals surface area contributed by atoms with Crippen molar-refractivity contribution in [3.05, 3.63) is 48.0 Å². The number of nitrogens with zero attached hydrogens (tertiary/aromatic N) is 3. The van der Waals surface area contributed by atoms with E-state index in [4.69, 9.17) is 19.2 Å². The van der Waals surface area contributed by atoms with E-state index in [0.717, 1.165) is 48.8 Å². The maximum atomic E-state index is 13.5. The average Bonchev–Trinajstić information content (AvgIpc) is 3.22. The Morgan fingerprint density at radius 2 is 1.90 bits per heavy atom. The number of anilines is 1. The summed E-state index contributed by atoms with van der Waals surface area (Å²) in [6.45, 7) is 4.51. The lowest BCUT2D eigenvalue weighted by atomic mass is 10.2. The molecule has 158 valence electrons. The minimum atomic E-state index is -0.0896. The summed E-state index contributed by atoms with van der Waals surface area (Å²) in [7, 11) is 3.24. The van der Waals surface area contributed by atoms with E-state index in [0.29, 0.717) is 23.0 Å². The molecule has 1 aliphatic rings. The van der Waals surface area contributed by atoms with E-state index in [-0.39, 0.29) is 5.91 Å². The summed E-state index contributed by atoms with van der Waals surface area (Å²) in [5.41, 5.74) is 1.43. The van der Waals surface area contributed by atoms with Gasteiger partial charge in [0.1, 0.15) is 11.5 Å². The second kappa shape index (κ2) is 9.42. The predicted octanol–water partition coefficient (Wildman–Crippen LogP) is 3.29. The van der Waals surface area contributed by atoms with E-state index in [1.165, 1.54) is 11.3 Å². The molecule has 0 N–H and O–H groups in total. The molecule has 1 aliphatic heterocycles. The topological polar surface area (TPSA) is 64.1 Å². The first kappa shape index (κ1) is 20.6. The Morgan fingerprint density at radius 3 is 2.67 bits per heavy atom. The monoisotopic (exact) mass is 427 g/mol. The second-order valence-corrected chi connectivity index (χ2v) is 7.98. The van der Waals surface area contributed by atoms with Crippen molar-refractivity contribution in [2.45, 2.75) is 0 Å². The van der Waals surface area contributed by atoms with Gasteiger partial charge in [-0.25, -0.2) is 4.98 Å². The van der Waals surface area contributed by atoms with Gasteiger partial charge >= 0.3 is 0 Å². The summed E-state index contributed by atoms with van der Waals surface area (Å²) in [5, 5.41) is 0.680. The minimum absolute atomic E-state index is 0.0896. The number of thiazole rings is 1. The SMILES string of the molecule is COc1cccc(C(=O)N(CCN2CCOCC2)c2nc3ccc(OC)cc3s2)c1. The summed E-state index contributed by atoms with van der Waals surface area (Å²) in [4.78, 5) is 22.3. The first-order chi connectivity index (χ1) is 14.7. The number of rotatable bonds is 7. The minimum Gasteiger partial charge on any atom is -0.497 e. The van der Waals surface area contributed by atoms with Gasteiger partial charge in [-0.3, -0.25) is 14.6 Å². The molecule has 0 unspecified atom stereocenters. The van der Waals surface area contributed by atoms with Crippen molar-refractivity contribution >= 4 is 32.6 Å². The van der Waals surface area contributed by atoms with E-state index in [1.54, 1.807) is 25.2 Å². The van der Waals surface area contributed by atoms with Crippen LogP contribution in [0.3, 0.4) is 0 Å². The third kappa shape index (κ3) is 4.56. The molecule has 0 aliphatic carbocycles. The maximum Gasteiger partial charge on any atom is 0.260 e. The number of carbonyl (C=O) groups excluding carboxylic acids is 1. The molecule has 30 heavy (non-hydrogen) atoms. The van der Waals surface area contributed by atoms with Gasteiger partial charge in [-0.15, -0.1) is 0 Å². The van der Waals surface area contributed by atoms with Gasteiger partial charge in [0.05, 0.1) is 37.6 Å². The van der Waals surface area contributed by atoms with Gasteiger partial charge in [0.15, 0.2) is 5.13 Å². The lowest BCUT2D eigenvalue weighted by Crippen LogP contribution is -2.43. The zero-order valence-electron chi connectivity index (χ0n) is 17.2. The van der Waals surface area contributed by atoms with Crippen molar-refractivity contribution in [3.63, 3.8) is 0 Å². The summed E-state index contributed by atoms with van der Waals surface area (Å²) < 4.78 is 17.0.